The van der Waals surface area contributed by atoms with Gasteiger partial charge in [-0.3, -0.25) is 4.79 Å². The van der Waals surface area contributed by atoms with Gasteiger partial charge in [-0.25, -0.2) is 4.98 Å². The molecular formula is C19H18ClF3N2O3. The van der Waals surface area contributed by atoms with Crippen LogP contribution in [0.15, 0.2) is 18.2 Å². The average molecular weight is 415 g/mol. The van der Waals surface area contributed by atoms with Crippen LogP contribution in [-0.2, 0) is 15.7 Å². The molecule has 9 heteroatoms. The summed E-state index contributed by atoms with van der Waals surface area (Å²) in [5, 5.41) is 2.84. The Morgan fingerprint density at radius 2 is 2.14 bits per heavy atom. The molecule has 0 amide bonds. The first-order valence-electron chi connectivity index (χ1n) is 8.80. The van der Waals surface area contributed by atoms with Crippen molar-refractivity contribution < 1.29 is 27.4 Å². The van der Waals surface area contributed by atoms with Crippen LogP contribution >= 0.6 is 11.6 Å². The van der Waals surface area contributed by atoms with Crippen molar-refractivity contribution in [1.29, 1.82) is 0 Å². The summed E-state index contributed by atoms with van der Waals surface area (Å²) < 4.78 is 51.3. The molecule has 1 unspecified atom stereocenters. The predicted octanol–water partition coefficient (Wildman–Crippen LogP) is 3.90. The molecule has 0 aliphatic carbocycles. The number of pyridine rings is 1. The number of esters is 1. The number of halogens is 4. The predicted molar refractivity (Wildman–Crippen MR) is 96.5 cm³/mol. The maximum Gasteiger partial charge on any atom is 0.418 e. The molecule has 0 bridgehead atoms. The summed E-state index contributed by atoms with van der Waals surface area (Å²) in [7, 11) is 1.31. The molecule has 1 aromatic carbocycles. The van der Waals surface area contributed by atoms with Crippen LogP contribution in [0.1, 0.15) is 35.0 Å². The average Bonchev–Trinajstić information content (AvgIpc) is 3.03. The van der Waals surface area contributed by atoms with E-state index in [1.54, 1.807) is 13.0 Å². The van der Waals surface area contributed by atoms with Crippen LogP contribution in [0.5, 0.6) is 5.75 Å². The molecule has 1 aromatic heterocycles. The Balaban J connectivity index is 1.81. The molecule has 1 fully saturated rings. The molecule has 0 saturated carbocycles. The van der Waals surface area contributed by atoms with Crippen molar-refractivity contribution in [3.8, 4) is 5.75 Å². The molecule has 1 N–H and O–H groups in total. The van der Waals surface area contributed by atoms with Crippen molar-refractivity contribution in [2.45, 2.75) is 43.0 Å². The minimum absolute atomic E-state index is 0.131. The Labute approximate surface area is 164 Å². The van der Waals surface area contributed by atoms with E-state index in [-0.39, 0.29) is 11.5 Å². The van der Waals surface area contributed by atoms with E-state index in [0.29, 0.717) is 41.8 Å². The number of para-hydroxylation sites is 1. The van der Waals surface area contributed by atoms with Crippen molar-refractivity contribution in [2.24, 2.45) is 0 Å². The molecule has 3 heterocycles. The van der Waals surface area contributed by atoms with Crippen molar-refractivity contribution in [2.75, 3.05) is 13.7 Å². The Bertz CT molecular complexity index is 966. The summed E-state index contributed by atoms with van der Waals surface area (Å²) in [5.74, 6) is 0.00552. The molecule has 4 rings (SSSR count). The van der Waals surface area contributed by atoms with E-state index in [2.05, 4.69) is 10.3 Å². The summed E-state index contributed by atoms with van der Waals surface area (Å²) in [6.07, 6.45) is -3.80. The number of carbonyl (C=O) groups is 1. The van der Waals surface area contributed by atoms with E-state index >= 15 is 0 Å². The maximum absolute atomic E-state index is 13.4. The number of rotatable bonds is 1. The molecule has 2 aliphatic rings. The zero-order valence-electron chi connectivity index (χ0n) is 15.2. The van der Waals surface area contributed by atoms with Gasteiger partial charge < -0.3 is 14.8 Å². The number of carbonyl (C=O) groups excluding carboxylic acids is 1. The highest BCUT2D eigenvalue weighted by Crippen LogP contribution is 2.50. The number of hydrogen-bond donors (Lipinski definition) is 1. The van der Waals surface area contributed by atoms with Gasteiger partial charge in [-0.2, -0.15) is 13.2 Å². The smallest absolute Gasteiger partial charge is 0.418 e. The maximum atomic E-state index is 13.4. The lowest BCUT2D eigenvalue weighted by Crippen LogP contribution is -2.42. The molecule has 3 atom stereocenters. The Hall–Kier alpha value is -2.06. The lowest BCUT2D eigenvalue weighted by molar-refractivity contribution is -0.143. The minimum atomic E-state index is -4.52. The van der Waals surface area contributed by atoms with Crippen molar-refractivity contribution >= 4 is 28.5 Å². The van der Waals surface area contributed by atoms with Crippen LogP contribution in [-0.4, -0.2) is 36.3 Å². The number of aromatic nitrogens is 1. The number of ether oxygens (including phenoxy) is 2. The first kappa shape index (κ1) is 19.3. The third-order valence-corrected chi connectivity index (χ3v) is 5.77. The second-order valence-electron chi connectivity index (χ2n) is 7.26. The number of methoxy groups -OCH3 is 1. The van der Waals surface area contributed by atoms with Gasteiger partial charge in [0.25, 0.3) is 0 Å². The summed E-state index contributed by atoms with van der Waals surface area (Å²) in [4.78, 5) is 16.0. The van der Waals surface area contributed by atoms with E-state index < -0.39 is 28.8 Å². The second-order valence-corrected chi connectivity index (χ2v) is 7.78. The van der Waals surface area contributed by atoms with E-state index in [9.17, 15) is 18.0 Å². The van der Waals surface area contributed by atoms with Gasteiger partial charge in [-0.05, 0) is 13.0 Å². The third kappa shape index (κ3) is 2.99. The number of alkyl halides is 4. The second kappa shape index (κ2) is 6.49. The van der Waals surface area contributed by atoms with Gasteiger partial charge in [0.1, 0.15) is 17.4 Å². The van der Waals surface area contributed by atoms with Gasteiger partial charge in [0.05, 0.1) is 29.3 Å². The zero-order chi connectivity index (χ0) is 20.3. The van der Waals surface area contributed by atoms with Gasteiger partial charge in [0.15, 0.2) is 0 Å². The van der Waals surface area contributed by atoms with Crippen LogP contribution in [0.2, 0.25) is 0 Å². The van der Waals surface area contributed by atoms with E-state index in [0.717, 1.165) is 6.07 Å². The highest BCUT2D eigenvalue weighted by molar-refractivity contribution is 6.22. The fourth-order valence-corrected chi connectivity index (χ4v) is 4.64. The normalized spacial score (nSPS) is 26.9. The van der Waals surface area contributed by atoms with Crippen molar-refractivity contribution in [1.82, 2.24) is 10.3 Å². The highest BCUT2D eigenvalue weighted by Gasteiger charge is 2.49. The molecule has 1 saturated heterocycles. The standard InChI is InChI=1S/C19H18ClF3N2O3/c1-9-16-14(10-4-3-5-11(15(10)25-9)19(21,22)23)12(20)6-18(28-16)7-13(24-8-18)17(26)27-2/h3-5,12-13,24H,6-8H2,1-2H3/t12?,13-,18+/m0/s1. The van der Waals surface area contributed by atoms with E-state index in [4.69, 9.17) is 21.1 Å². The first-order valence-corrected chi connectivity index (χ1v) is 9.23. The SMILES string of the molecule is COC(=O)[C@@H]1C[C@@]2(CN1)CC(Cl)c1c(c(C)nc3c(C(F)(F)F)cccc13)O2. The number of nitrogens with one attached hydrogen (secondary N) is 1. The molecule has 0 radical (unpaired) electrons. The van der Waals surface area contributed by atoms with Crippen molar-refractivity contribution in [3.05, 3.63) is 35.0 Å². The molecule has 5 nitrogen and oxygen atoms in total. The number of nitrogens with zero attached hydrogens (tertiary/aromatic N) is 1. The van der Waals surface area contributed by atoms with Gasteiger partial charge in [-0.1, -0.05) is 12.1 Å². The van der Waals surface area contributed by atoms with Crippen LogP contribution in [0.25, 0.3) is 10.9 Å². The van der Waals surface area contributed by atoms with Crippen LogP contribution in [0.4, 0.5) is 13.2 Å². The molecule has 2 aliphatic heterocycles. The Morgan fingerprint density at radius 3 is 2.82 bits per heavy atom. The summed E-state index contributed by atoms with van der Waals surface area (Å²) in [6, 6.07) is 3.43. The zero-order valence-corrected chi connectivity index (χ0v) is 15.9. The summed E-state index contributed by atoms with van der Waals surface area (Å²) in [6.45, 7) is 1.99. The quantitative estimate of drug-likeness (QED) is 0.566. The van der Waals surface area contributed by atoms with E-state index in [1.165, 1.54) is 13.2 Å². The Morgan fingerprint density at radius 1 is 1.39 bits per heavy atom. The lowest BCUT2D eigenvalue weighted by Gasteiger charge is -2.38. The third-order valence-electron chi connectivity index (χ3n) is 5.40. The van der Waals surface area contributed by atoms with Crippen LogP contribution < -0.4 is 10.1 Å². The first-order chi connectivity index (χ1) is 13.1. The number of aryl methyl sites for hydroxylation is 1. The van der Waals surface area contributed by atoms with Gasteiger partial charge in [0.2, 0.25) is 0 Å². The number of hydrogen-bond acceptors (Lipinski definition) is 5. The monoisotopic (exact) mass is 414 g/mol. The molecule has 28 heavy (non-hydrogen) atoms. The number of fused-ring (bicyclic) bond motifs is 3. The lowest BCUT2D eigenvalue weighted by atomic mass is 9.86. The summed E-state index contributed by atoms with van der Waals surface area (Å²) >= 11 is 6.66. The van der Waals surface area contributed by atoms with Gasteiger partial charge in [-0.15, -0.1) is 11.6 Å². The summed E-state index contributed by atoms with van der Waals surface area (Å²) in [5.41, 5.74) is -0.811. The van der Waals surface area contributed by atoms with Crippen LogP contribution in [0.3, 0.4) is 0 Å². The molecule has 150 valence electrons. The number of benzene rings is 1. The fraction of sp³-hybridized carbons (Fsp3) is 0.474. The largest absolute Gasteiger partial charge is 0.484 e. The molecule has 1 spiro atoms. The van der Waals surface area contributed by atoms with Crippen LogP contribution in [0, 0.1) is 6.92 Å². The Kier molecular flexibility index (Phi) is 4.46. The van der Waals surface area contributed by atoms with E-state index in [1.807, 2.05) is 0 Å². The fourth-order valence-electron chi connectivity index (χ4n) is 4.14. The molecular weight excluding hydrogens is 397 g/mol. The van der Waals surface area contributed by atoms with Gasteiger partial charge in [0, 0.05) is 30.3 Å². The van der Waals surface area contributed by atoms with Gasteiger partial charge >= 0.3 is 12.1 Å². The minimum Gasteiger partial charge on any atom is -0.484 e. The van der Waals surface area contributed by atoms with Crippen molar-refractivity contribution in [3.63, 3.8) is 0 Å². The topological polar surface area (TPSA) is 60.5 Å². The molecule has 2 aromatic rings. The highest BCUT2D eigenvalue weighted by atomic mass is 35.5.